The van der Waals surface area contributed by atoms with Crippen LogP contribution in [-0.2, 0) is 9.59 Å². The molecule has 1 N–H and O–H groups in total. The molecule has 1 atom stereocenters. The molecule has 0 bridgehead atoms. The Kier molecular flexibility index (Phi) is 3.59. The van der Waals surface area contributed by atoms with Crippen LogP contribution in [0, 0.1) is 0 Å². The lowest BCUT2D eigenvalue weighted by Gasteiger charge is -2.29. The standard InChI is InChI=1S/C8H13NO3S/c1-2-3-9-4-6(8(11)12)13-5-7(9)10/h6H,2-5H2,1H3,(H,11,12). The number of carboxylic acids is 1. The van der Waals surface area contributed by atoms with Crippen molar-refractivity contribution >= 4 is 23.6 Å². The number of carboxylic acid groups (broad SMARTS) is 1. The van der Waals surface area contributed by atoms with Crippen molar-refractivity contribution in [2.75, 3.05) is 18.8 Å². The van der Waals surface area contributed by atoms with Crippen LogP contribution < -0.4 is 0 Å². The van der Waals surface area contributed by atoms with Crippen LogP contribution in [0.25, 0.3) is 0 Å². The maximum atomic E-state index is 11.3. The summed E-state index contributed by atoms with van der Waals surface area (Å²) in [5.74, 6) is -0.459. The van der Waals surface area contributed by atoms with Crippen LogP contribution in [-0.4, -0.2) is 46.0 Å². The molecule has 13 heavy (non-hydrogen) atoms. The summed E-state index contributed by atoms with van der Waals surface area (Å²) in [4.78, 5) is 23.6. The minimum absolute atomic E-state index is 0.0596. The topological polar surface area (TPSA) is 57.6 Å². The van der Waals surface area contributed by atoms with Gasteiger partial charge in [-0.25, -0.2) is 0 Å². The maximum absolute atomic E-state index is 11.3. The minimum Gasteiger partial charge on any atom is -0.480 e. The van der Waals surface area contributed by atoms with Gasteiger partial charge in [0.15, 0.2) is 0 Å². The van der Waals surface area contributed by atoms with Crippen LogP contribution in [0.2, 0.25) is 0 Å². The average Bonchev–Trinajstić information content (AvgIpc) is 2.08. The molecule has 0 aromatic rings. The first-order chi connectivity index (χ1) is 6.15. The van der Waals surface area contributed by atoms with Crippen molar-refractivity contribution in [2.45, 2.75) is 18.6 Å². The molecule has 4 nitrogen and oxygen atoms in total. The lowest BCUT2D eigenvalue weighted by molar-refractivity contribution is -0.138. The monoisotopic (exact) mass is 203 g/mol. The van der Waals surface area contributed by atoms with E-state index < -0.39 is 11.2 Å². The van der Waals surface area contributed by atoms with E-state index in [4.69, 9.17) is 5.11 Å². The Hall–Kier alpha value is -0.710. The first-order valence-electron chi connectivity index (χ1n) is 4.27. The first kappa shape index (κ1) is 10.4. The first-order valence-corrected chi connectivity index (χ1v) is 5.32. The molecule has 5 heteroatoms. The molecule has 0 aliphatic carbocycles. The van der Waals surface area contributed by atoms with E-state index in [1.54, 1.807) is 4.90 Å². The van der Waals surface area contributed by atoms with Gasteiger partial charge in [0.05, 0.1) is 5.75 Å². The van der Waals surface area contributed by atoms with Crippen molar-refractivity contribution in [1.82, 2.24) is 4.90 Å². The van der Waals surface area contributed by atoms with Crippen molar-refractivity contribution < 1.29 is 14.7 Å². The van der Waals surface area contributed by atoms with Crippen LogP contribution in [0.4, 0.5) is 0 Å². The molecule has 1 heterocycles. The van der Waals surface area contributed by atoms with Gasteiger partial charge in [-0.3, -0.25) is 9.59 Å². The Morgan fingerprint density at radius 3 is 3.00 bits per heavy atom. The smallest absolute Gasteiger partial charge is 0.318 e. The van der Waals surface area contributed by atoms with Gasteiger partial charge in [0, 0.05) is 13.1 Å². The van der Waals surface area contributed by atoms with Crippen LogP contribution in [0.5, 0.6) is 0 Å². The largest absolute Gasteiger partial charge is 0.480 e. The summed E-state index contributed by atoms with van der Waals surface area (Å²) in [6.45, 7) is 3.00. The molecule has 0 aromatic heterocycles. The minimum atomic E-state index is -0.821. The third-order valence-corrected chi connectivity index (χ3v) is 3.08. The molecule has 0 aromatic carbocycles. The fourth-order valence-electron chi connectivity index (χ4n) is 1.25. The van der Waals surface area contributed by atoms with E-state index in [1.807, 2.05) is 6.92 Å². The number of nitrogens with zero attached hydrogens (tertiary/aromatic N) is 1. The Labute approximate surface area is 81.3 Å². The zero-order valence-electron chi connectivity index (χ0n) is 7.52. The van der Waals surface area contributed by atoms with Gasteiger partial charge >= 0.3 is 5.97 Å². The highest BCUT2D eigenvalue weighted by molar-refractivity contribution is 8.01. The molecule has 1 rings (SSSR count). The van der Waals surface area contributed by atoms with Gasteiger partial charge in [0.25, 0.3) is 0 Å². The Bertz CT molecular complexity index is 219. The molecule has 74 valence electrons. The number of hydrogen-bond acceptors (Lipinski definition) is 3. The highest BCUT2D eigenvalue weighted by Crippen LogP contribution is 2.19. The summed E-state index contributed by atoms with van der Waals surface area (Å²) in [7, 11) is 0. The number of thioether (sulfide) groups is 1. The fourth-order valence-corrected chi connectivity index (χ4v) is 2.21. The van der Waals surface area contributed by atoms with Gasteiger partial charge in [-0.15, -0.1) is 11.8 Å². The van der Waals surface area contributed by atoms with Crippen molar-refractivity contribution in [1.29, 1.82) is 0 Å². The molecule has 0 saturated carbocycles. The number of carbonyl (C=O) groups is 2. The molecular formula is C8H13NO3S. The lowest BCUT2D eigenvalue weighted by Crippen LogP contribution is -2.45. The summed E-state index contributed by atoms with van der Waals surface area (Å²) in [5, 5.41) is 8.31. The number of amides is 1. The SMILES string of the molecule is CCCN1CC(C(=O)O)SCC1=O. The molecule has 1 saturated heterocycles. The molecule has 1 fully saturated rings. The third-order valence-electron chi connectivity index (χ3n) is 1.92. The van der Waals surface area contributed by atoms with E-state index >= 15 is 0 Å². The summed E-state index contributed by atoms with van der Waals surface area (Å²) >= 11 is 1.22. The van der Waals surface area contributed by atoms with Crippen LogP contribution in [0.15, 0.2) is 0 Å². The van der Waals surface area contributed by atoms with E-state index in [0.717, 1.165) is 6.42 Å². The van der Waals surface area contributed by atoms with Crippen molar-refractivity contribution in [3.05, 3.63) is 0 Å². The second-order valence-electron chi connectivity index (χ2n) is 2.98. The Morgan fingerprint density at radius 2 is 2.46 bits per heavy atom. The van der Waals surface area contributed by atoms with Crippen molar-refractivity contribution in [2.24, 2.45) is 0 Å². The normalized spacial score (nSPS) is 23.3. The quantitative estimate of drug-likeness (QED) is 0.722. The molecule has 0 spiro atoms. The maximum Gasteiger partial charge on any atom is 0.318 e. The third kappa shape index (κ3) is 2.62. The van der Waals surface area contributed by atoms with E-state index in [-0.39, 0.29) is 5.91 Å². The van der Waals surface area contributed by atoms with Gasteiger partial charge in [-0.1, -0.05) is 6.92 Å². The highest BCUT2D eigenvalue weighted by Gasteiger charge is 2.29. The summed E-state index contributed by atoms with van der Waals surface area (Å²) < 4.78 is 0. The van der Waals surface area contributed by atoms with Crippen LogP contribution >= 0.6 is 11.8 Å². The second-order valence-corrected chi connectivity index (χ2v) is 4.17. The molecule has 1 unspecified atom stereocenters. The van der Waals surface area contributed by atoms with Gasteiger partial charge < -0.3 is 10.0 Å². The number of aliphatic carboxylic acids is 1. The van der Waals surface area contributed by atoms with Gasteiger partial charge in [0.1, 0.15) is 5.25 Å². The summed E-state index contributed by atoms with van der Waals surface area (Å²) in [6.07, 6.45) is 0.878. The number of rotatable bonds is 3. The summed E-state index contributed by atoms with van der Waals surface area (Å²) in [6, 6.07) is 0. The Balaban J connectivity index is 2.52. The van der Waals surface area contributed by atoms with Gasteiger partial charge in [-0.05, 0) is 6.42 Å². The van der Waals surface area contributed by atoms with E-state index in [9.17, 15) is 9.59 Å². The fraction of sp³-hybridized carbons (Fsp3) is 0.750. The highest BCUT2D eigenvalue weighted by atomic mass is 32.2. The number of hydrogen-bond donors (Lipinski definition) is 1. The second kappa shape index (κ2) is 4.50. The predicted molar refractivity (Wildman–Crippen MR) is 50.8 cm³/mol. The van der Waals surface area contributed by atoms with E-state index in [2.05, 4.69) is 0 Å². The Morgan fingerprint density at radius 1 is 1.77 bits per heavy atom. The molecule has 1 amide bonds. The molecule has 0 radical (unpaired) electrons. The lowest BCUT2D eigenvalue weighted by atomic mass is 10.3. The van der Waals surface area contributed by atoms with Gasteiger partial charge in [-0.2, -0.15) is 0 Å². The molecule has 1 aliphatic heterocycles. The molecular weight excluding hydrogens is 190 g/mol. The predicted octanol–water partition coefficient (Wildman–Crippen LogP) is 0.425. The van der Waals surface area contributed by atoms with E-state index in [0.29, 0.717) is 18.8 Å². The summed E-state index contributed by atoms with van der Waals surface area (Å²) in [5.41, 5.74) is 0. The van der Waals surface area contributed by atoms with Crippen LogP contribution in [0.1, 0.15) is 13.3 Å². The number of carbonyl (C=O) groups excluding carboxylic acids is 1. The van der Waals surface area contributed by atoms with Crippen molar-refractivity contribution in [3.63, 3.8) is 0 Å². The zero-order valence-corrected chi connectivity index (χ0v) is 8.34. The van der Waals surface area contributed by atoms with Crippen molar-refractivity contribution in [3.8, 4) is 0 Å². The van der Waals surface area contributed by atoms with Gasteiger partial charge in [0.2, 0.25) is 5.91 Å². The average molecular weight is 203 g/mol. The molecule has 1 aliphatic rings. The zero-order chi connectivity index (χ0) is 9.84. The van der Waals surface area contributed by atoms with Crippen LogP contribution in [0.3, 0.4) is 0 Å². The van der Waals surface area contributed by atoms with E-state index in [1.165, 1.54) is 11.8 Å².